The summed E-state index contributed by atoms with van der Waals surface area (Å²) in [7, 11) is 0. The van der Waals surface area contributed by atoms with Crippen LogP contribution in [0, 0.1) is 0 Å². The summed E-state index contributed by atoms with van der Waals surface area (Å²) in [5.74, 6) is 0. The summed E-state index contributed by atoms with van der Waals surface area (Å²) in [6.45, 7) is 4.58. The summed E-state index contributed by atoms with van der Waals surface area (Å²) < 4.78 is 0. The van der Waals surface area contributed by atoms with E-state index >= 15 is 0 Å². The lowest BCUT2D eigenvalue weighted by atomic mass is 9.87. The first-order chi connectivity index (χ1) is 17.8. The molecule has 6 rings (SSSR count). The van der Waals surface area contributed by atoms with Gasteiger partial charge in [-0.2, -0.15) is 0 Å². The number of hydrogen-bond donors (Lipinski definition) is 0. The summed E-state index contributed by atoms with van der Waals surface area (Å²) in [5.41, 5.74) is 5.63. The number of benzene rings is 4. The van der Waals surface area contributed by atoms with E-state index in [4.69, 9.17) is 0 Å². The molecular formula is C34H30S2. The zero-order valence-electron chi connectivity index (χ0n) is 20.9. The summed E-state index contributed by atoms with van der Waals surface area (Å²) >= 11 is 3.78. The molecule has 0 aliphatic carbocycles. The zero-order valence-corrected chi connectivity index (χ0v) is 22.5. The Morgan fingerprint density at radius 1 is 0.444 bits per heavy atom. The predicted octanol–water partition coefficient (Wildman–Crippen LogP) is 11.0. The van der Waals surface area contributed by atoms with Gasteiger partial charge in [-0.25, -0.2) is 0 Å². The van der Waals surface area contributed by atoms with Crippen LogP contribution in [0.2, 0.25) is 0 Å². The van der Waals surface area contributed by atoms with Crippen molar-refractivity contribution < 1.29 is 0 Å². The SMILES string of the molecule is CCCc1c2ccccc2c(CCC)c2cc(-c3ccc(-c4ccc(-c5ccccc5)s4)s3)ccc12. The van der Waals surface area contributed by atoms with E-state index < -0.39 is 0 Å². The van der Waals surface area contributed by atoms with Gasteiger partial charge in [0.05, 0.1) is 0 Å². The van der Waals surface area contributed by atoms with Gasteiger partial charge < -0.3 is 0 Å². The minimum atomic E-state index is 1.11. The van der Waals surface area contributed by atoms with Crippen molar-refractivity contribution >= 4 is 44.2 Å². The molecule has 0 atom stereocenters. The molecule has 2 aromatic heterocycles. The molecule has 2 heterocycles. The average Bonchev–Trinajstić information content (AvgIpc) is 3.61. The highest BCUT2D eigenvalue weighted by Gasteiger charge is 2.15. The normalized spacial score (nSPS) is 11.5. The molecule has 0 unspecified atom stereocenters. The largest absolute Gasteiger partial charge is 0.134 e. The van der Waals surface area contributed by atoms with E-state index in [2.05, 4.69) is 111 Å². The van der Waals surface area contributed by atoms with E-state index in [1.54, 1.807) is 0 Å². The van der Waals surface area contributed by atoms with Crippen LogP contribution in [0.3, 0.4) is 0 Å². The summed E-state index contributed by atoms with van der Waals surface area (Å²) in [6.07, 6.45) is 4.55. The van der Waals surface area contributed by atoms with E-state index in [-0.39, 0.29) is 0 Å². The molecule has 0 N–H and O–H groups in total. The molecule has 2 heteroatoms. The molecule has 6 aromatic rings. The zero-order chi connectivity index (χ0) is 24.5. The molecule has 0 saturated carbocycles. The maximum Gasteiger partial charge on any atom is 0.0449 e. The van der Waals surface area contributed by atoms with Gasteiger partial charge in [-0.05, 0) is 87.0 Å². The third kappa shape index (κ3) is 4.19. The molecule has 0 saturated heterocycles. The predicted molar refractivity (Wildman–Crippen MR) is 162 cm³/mol. The Morgan fingerprint density at radius 3 is 1.56 bits per heavy atom. The van der Waals surface area contributed by atoms with Crippen molar-refractivity contribution in [2.45, 2.75) is 39.5 Å². The fraction of sp³-hybridized carbons (Fsp3) is 0.176. The van der Waals surface area contributed by atoms with Crippen LogP contribution in [0.25, 0.3) is 52.2 Å². The Labute approximate surface area is 221 Å². The third-order valence-electron chi connectivity index (χ3n) is 7.04. The van der Waals surface area contributed by atoms with Gasteiger partial charge >= 0.3 is 0 Å². The molecule has 0 fully saturated rings. The van der Waals surface area contributed by atoms with Gasteiger partial charge in [0.25, 0.3) is 0 Å². The molecule has 0 amide bonds. The molecular weight excluding hydrogens is 473 g/mol. The monoisotopic (exact) mass is 502 g/mol. The maximum atomic E-state index is 2.46. The topological polar surface area (TPSA) is 0 Å². The minimum Gasteiger partial charge on any atom is -0.134 e. The summed E-state index contributed by atoms with van der Waals surface area (Å²) in [4.78, 5) is 5.35. The molecule has 0 aliphatic heterocycles. The smallest absolute Gasteiger partial charge is 0.0449 e. The standard InChI is InChI=1S/C34H30S2/c1-3-10-25-27-14-8-9-15-28(27)26(11-4-2)30-22-24(16-17-29(25)30)32-19-21-34(36-32)33-20-18-31(35-33)23-12-6-5-7-13-23/h5-9,12-22H,3-4,10-11H2,1-2H3. The van der Waals surface area contributed by atoms with E-state index in [9.17, 15) is 0 Å². The Kier molecular flexibility index (Phi) is 6.48. The van der Waals surface area contributed by atoms with E-state index in [1.807, 2.05) is 22.7 Å². The number of aryl methyl sites for hydroxylation is 2. The van der Waals surface area contributed by atoms with Gasteiger partial charge in [0.2, 0.25) is 0 Å². The maximum absolute atomic E-state index is 2.46. The van der Waals surface area contributed by atoms with Crippen LogP contribution >= 0.6 is 22.7 Å². The van der Waals surface area contributed by atoms with Crippen molar-refractivity contribution in [3.8, 4) is 30.6 Å². The quantitative estimate of drug-likeness (QED) is 0.190. The number of fused-ring (bicyclic) bond motifs is 2. The molecule has 4 aromatic carbocycles. The van der Waals surface area contributed by atoms with E-state index in [0.717, 1.165) is 25.7 Å². The second-order valence-corrected chi connectivity index (χ2v) is 11.6. The summed E-state index contributed by atoms with van der Waals surface area (Å²) in [5, 5.41) is 5.75. The van der Waals surface area contributed by atoms with Crippen LogP contribution in [0.4, 0.5) is 0 Å². The van der Waals surface area contributed by atoms with Crippen molar-refractivity contribution in [2.24, 2.45) is 0 Å². The highest BCUT2D eigenvalue weighted by molar-refractivity contribution is 7.25. The molecule has 178 valence electrons. The Balaban J connectivity index is 1.44. The van der Waals surface area contributed by atoms with Crippen LogP contribution < -0.4 is 0 Å². The number of thiophene rings is 2. The second-order valence-electron chi connectivity index (χ2n) is 9.46. The lowest BCUT2D eigenvalue weighted by molar-refractivity contribution is 0.927. The highest BCUT2D eigenvalue weighted by atomic mass is 32.1. The number of rotatable bonds is 7. The van der Waals surface area contributed by atoms with Crippen LogP contribution in [0.5, 0.6) is 0 Å². The minimum absolute atomic E-state index is 1.11. The molecule has 36 heavy (non-hydrogen) atoms. The van der Waals surface area contributed by atoms with Gasteiger partial charge in [-0.1, -0.05) is 93.4 Å². The molecule has 0 bridgehead atoms. The van der Waals surface area contributed by atoms with Crippen LogP contribution in [0.1, 0.15) is 37.8 Å². The molecule has 0 nitrogen and oxygen atoms in total. The number of hydrogen-bond acceptors (Lipinski definition) is 2. The van der Waals surface area contributed by atoms with Gasteiger partial charge in [0.1, 0.15) is 0 Å². The Morgan fingerprint density at radius 2 is 0.944 bits per heavy atom. The van der Waals surface area contributed by atoms with Gasteiger partial charge in [-0.15, -0.1) is 22.7 Å². The third-order valence-corrected chi connectivity index (χ3v) is 9.51. The first kappa shape index (κ1) is 23.2. The van der Waals surface area contributed by atoms with Crippen molar-refractivity contribution in [2.75, 3.05) is 0 Å². The lowest BCUT2D eigenvalue weighted by Gasteiger charge is -2.17. The molecule has 0 spiro atoms. The van der Waals surface area contributed by atoms with Crippen LogP contribution in [-0.2, 0) is 12.8 Å². The van der Waals surface area contributed by atoms with Gasteiger partial charge in [-0.3, -0.25) is 0 Å². The second kappa shape index (κ2) is 10.0. The van der Waals surface area contributed by atoms with Crippen molar-refractivity contribution in [1.29, 1.82) is 0 Å². The first-order valence-electron chi connectivity index (χ1n) is 13.0. The fourth-order valence-corrected chi connectivity index (χ4v) is 7.51. The highest BCUT2D eigenvalue weighted by Crippen LogP contribution is 2.42. The van der Waals surface area contributed by atoms with Crippen molar-refractivity contribution in [1.82, 2.24) is 0 Å². The Bertz CT molecular complexity index is 1650. The lowest BCUT2D eigenvalue weighted by Crippen LogP contribution is -1.96. The Hall–Kier alpha value is -3.20. The first-order valence-corrected chi connectivity index (χ1v) is 14.6. The van der Waals surface area contributed by atoms with E-state index in [1.165, 1.54) is 63.3 Å². The van der Waals surface area contributed by atoms with Crippen LogP contribution in [-0.4, -0.2) is 0 Å². The van der Waals surface area contributed by atoms with E-state index in [0.29, 0.717) is 0 Å². The summed E-state index contributed by atoms with van der Waals surface area (Å²) in [6, 6.07) is 36.0. The average molecular weight is 503 g/mol. The van der Waals surface area contributed by atoms with Crippen molar-refractivity contribution in [3.05, 3.63) is 108 Å². The fourth-order valence-electron chi connectivity index (χ4n) is 5.40. The van der Waals surface area contributed by atoms with Gasteiger partial charge in [0.15, 0.2) is 0 Å². The molecule has 0 radical (unpaired) electrons. The van der Waals surface area contributed by atoms with Crippen molar-refractivity contribution in [3.63, 3.8) is 0 Å². The molecule has 0 aliphatic rings. The van der Waals surface area contributed by atoms with Gasteiger partial charge in [0, 0.05) is 19.5 Å². The van der Waals surface area contributed by atoms with Crippen LogP contribution in [0.15, 0.2) is 97.1 Å².